The summed E-state index contributed by atoms with van der Waals surface area (Å²) in [7, 11) is 0. The number of nitrogens with zero attached hydrogens (tertiary/aromatic N) is 2. The normalized spacial score (nSPS) is 14.5. The molecule has 0 atom stereocenters. The van der Waals surface area contributed by atoms with Gasteiger partial charge in [0.1, 0.15) is 5.82 Å². The van der Waals surface area contributed by atoms with Crippen LogP contribution in [0.1, 0.15) is 23.2 Å². The summed E-state index contributed by atoms with van der Waals surface area (Å²) >= 11 is 0. The first-order valence-corrected chi connectivity index (χ1v) is 6.79. The van der Waals surface area contributed by atoms with Crippen molar-refractivity contribution in [3.8, 4) is 11.1 Å². The molecule has 3 rings (SSSR count). The lowest BCUT2D eigenvalue weighted by Gasteiger charge is -2.16. The molecule has 0 saturated carbocycles. The molecule has 2 heterocycles. The van der Waals surface area contributed by atoms with Crippen LogP contribution < -0.4 is 4.90 Å². The zero-order chi connectivity index (χ0) is 13.9. The molecule has 1 fully saturated rings. The quantitative estimate of drug-likeness (QED) is 0.929. The van der Waals surface area contributed by atoms with Gasteiger partial charge < -0.3 is 10.0 Å². The molecule has 0 aliphatic carbocycles. The second-order valence-corrected chi connectivity index (χ2v) is 4.99. The molecule has 0 unspecified atom stereocenters. The van der Waals surface area contributed by atoms with Crippen LogP contribution in [-0.2, 0) is 0 Å². The molecule has 102 valence electrons. The van der Waals surface area contributed by atoms with E-state index in [4.69, 9.17) is 5.11 Å². The first kappa shape index (κ1) is 12.7. The number of aromatic carboxylic acids is 1. The van der Waals surface area contributed by atoms with E-state index in [1.54, 1.807) is 18.2 Å². The molecule has 1 saturated heterocycles. The van der Waals surface area contributed by atoms with Crippen LogP contribution in [0, 0.1) is 0 Å². The van der Waals surface area contributed by atoms with E-state index in [0.29, 0.717) is 5.56 Å². The Balaban J connectivity index is 1.87. The summed E-state index contributed by atoms with van der Waals surface area (Å²) < 4.78 is 0. The van der Waals surface area contributed by atoms with Crippen LogP contribution in [0.5, 0.6) is 0 Å². The van der Waals surface area contributed by atoms with Gasteiger partial charge in [-0.3, -0.25) is 0 Å². The second-order valence-electron chi connectivity index (χ2n) is 4.99. The first-order chi connectivity index (χ1) is 9.74. The Kier molecular flexibility index (Phi) is 3.37. The minimum Gasteiger partial charge on any atom is -0.478 e. The number of aromatic nitrogens is 1. The van der Waals surface area contributed by atoms with Gasteiger partial charge in [-0.2, -0.15) is 0 Å². The third kappa shape index (κ3) is 2.50. The molecule has 1 aliphatic rings. The van der Waals surface area contributed by atoms with Crippen molar-refractivity contribution in [1.82, 2.24) is 4.98 Å². The van der Waals surface area contributed by atoms with Gasteiger partial charge in [-0.25, -0.2) is 9.78 Å². The number of carboxylic acids is 1. The van der Waals surface area contributed by atoms with Crippen LogP contribution in [0.15, 0.2) is 42.6 Å². The predicted molar refractivity (Wildman–Crippen MR) is 78.1 cm³/mol. The summed E-state index contributed by atoms with van der Waals surface area (Å²) in [5.41, 5.74) is 2.12. The van der Waals surface area contributed by atoms with Crippen molar-refractivity contribution in [1.29, 1.82) is 0 Å². The molecule has 0 spiro atoms. The van der Waals surface area contributed by atoms with Crippen molar-refractivity contribution in [2.24, 2.45) is 0 Å². The molecule has 2 aromatic rings. The molecule has 0 amide bonds. The van der Waals surface area contributed by atoms with Crippen molar-refractivity contribution in [2.45, 2.75) is 12.8 Å². The Bertz CT molecular complexity index is 617. The minimum atomic E-state index is -0.909. The van der Waals surface area contributed by atoms with E-state index in [9.17, 15) is 4.79 Å². The van der Waals surface area contributed by atoms with E-state index in [2.05, 4.69) is 9.88 Å². The number of carbonyl (C=O) groups is 1. The fourth-order valence-electron chi connectivity index (χ4n) is 2.52. The molecule has 1 aromatic carbocycles. The van der Waals surface area contributed by atoms with Gasteiger partial charge >= 0.3 is 5.97 Å². The lowest BCUT2D eigenvalue weighted by atomic mass is 10.0. The lowest BCUT2D eigenvalue weighted by Crippen LogP contribution is -2.18. The molecule has 0 radical (unpaired) electrons. The SMILES string of the molecule is O=C(O)c1cccc(-c2ccc(N3CCCC3)nc2)c1. The van der Waals surface area contributed by atoms with Crippen LogP contribution in [0.3, 0.4) is 0 Å². The minimum absolute atomic E-state index is 0.297. The average Bonchev–Trinajstić information content (AvgIpc) is 3.02. The Labute approximate surface area is 117 Å². The number of pyridine rings is 1. The number of carboxylic acid groups (broad SMARTS) is 1. The van der Waals surface area contributed by atoms with E-state index >= 15 is 0 Å². The molecule has 4 nitrogen and oxygen atoms in total. The highest BCUT2D eigenvalue weighted by atomic mass is 16.4. The number of hydrogen-bond acceptors (Lipinski definition) is 3. The Morgan fingerprint density at radius 1 is 1.10 bits per heavy atom. The summed E-state index contributed by atoms with van der Waals surface area (Å²) in [6.45, 7) is 2.14. The fraction of sp³-hybridized carbons (Fsp3) is 0.250. The largest absolute Gasteiger partial charge is 0.478 e. The highest BCUT2D eigenvalue weighted by Crippen LogP contribution is 2.23. The maximum Gasteiger partial charge on any atom is 0.335 e. The molecule has 20 heavy (non-hydrogen) atoms. The van der Waals surface area contributed by atoms with Crippen LogP contribution in [0.25, 0.3) is 11.1 Å². The molecule has 1 aromatic heterocycles. The van der Waals surface area contributed by atoms with E-state index < -0.39 is 5.97 Å². The molecule has 0 bridgehead atoms. The van der Waals surface area contributed by atoms with Gasteiger partial charge in [0.05, 0.1) is 5.56 Å². The van der Waals surface area contributed by atoms with Gasteiger partial charge in [-0.15, -0.1) is 0 Å². The van der Waals surface area contributed by atoms with Gasteiger partial charge in [0.25, 0.3) is 0 Å². The second kappa shape index (κ2) is 5.33. The van der Waals surface area contributed by atoms with Gasteiger partial charge in [0, 0.05) is 24.8 Å². The third-order valence-electron chi connectivity index (χ3n) is 3.62. The van der Waals surface area contributed by atoms with Gasteiger partial charge in [0.2, 0.25) is 0 Å². The summed E-state index contributed by atoms with van der Waals surface area (Å²) in [4.78, 5) is 17.8. The molecule has 4 heteroatoms. The number of hydrogen-bond donors (Lipinski definition) is 1. The maximum atomic E-state index is 11.0. The smallest absolute Gasteiger partial charge is 0.335 e. The zero-order valence-electron chi connectivity index (χ0n) is 11.1. The molecule has 1 aliphatic heterocycles. The predicted octanol–water partition coefficient (Wildman–Crippen LogP) is 3.05. The summed E-state index contributed by atoms with van der Waals surface area (Å²) in [6.07, 6.45) is 4.27. The zero-order valence-corrected chi connectivity index (χ0v) is 11.1. The fourth-order valence-corrected chi connectivity index (χ4v) is 2.52. The number of benzene rings is 1. The van der Waals surface area contributed by atoms with E-state index in [0.717, 1.165) is 30.0 Å². The lowest BCUT2D eigenvalue weighted by molar-refractivity contribution is 0.0697. The number of anilines is 1. The summed E-state index contributed by atoms with van der Waals surface area (Å²) in [5, 5.41) is 9.02. The Morgan fingerprint density at radius 3 is 2.55 bits per heavy atom. The summed E-state index contributed by atoms with van der Waals surface area (Å²) in [6, 6.07) is 10.9. The van der Waals surface area contributed by atoms with Crippen molar-refractivity contribution in [2.75, 3.05) is 18.0 Å². The van der Waals surface area contributed by atoms with E-state index in [-0.39, 0.29) is 0 Å². The molecule has 1 N–H and O–H groups in total. The highest BCUT2D eigenvalue weighted by molar-refractivity contribution is 5.89. The van der Waals surface area contributed by atoms with Gasteiger partial charge in [-0.05, 0) is 42.7 Å². The summed E-state index contributed by atoms with van der Waals surface area (Å²) in [5.74, 6) is 0.0918. The van der Waals surface area contributed by atoms with Crippen molar-refractivity contribution < 1.29 is 9.90 Å². The Morgan fingerprint density at radius 2 is 1.90 bits per heavy atom. The van der Waals surface area contributed by atoms with Crippen LogP contribution in [0.2, 0.25) is 0 Å². The average molecular weight is 268 g/mol. The van der Waals surface area contributed by atoms with Crippen LogP contribution in [0.4, 0.5) is 5.82 Å². The third-order valence-corrected chi connectivity index (χ3v) is 3.62. The first-order valence-electron chi connectivity index (χ1n) is 6.79. The standard InChI is InChI=1S/C16H16N2O2/c19-16(20)13-5-3-4-12(10-13)14-6-7-15(17-11-14)18-8-1-2-9-18/h3-7,10-11H,1-2,8-9H2,(H,19,20). The van der Waals surface area contributed by atoms with Crippen LogP contribution >= 0.6 is 0 Å². The van der Waals surface area contributed by atoms with Crippen LogP contribution in [-0.4, -0.2) is 29.1 Å². The molecular formula is C16H16N2O2. The van der Waals surface area contributed by atoms with Crippen molar-refractivity contribution >= 4 is 11.8 Å². The van der Waals surface area contributed by atoms with Gasteiger partial charge in [0.15, 0.2) is 0 Å². The maximum absolute atomic E-state index is 11.0. The Hall–Kier alpha value is -2.36. The highest BCUT2D eigenvalue weighted by Gasteiger charge is 2.13. The monoisotopic (exact) mass is 268 g/mol. The van der Waals surface area contributed by atoms with E-state index in [1.807, 2.05) is 24.4 Å². The topological polar surface area (TPSA) is 53.4 Å². The van der Waals surface area contributed by atoms with Crippen molar-refractivity contribution in [3.05, 3.63) is 48.2 Å². The van der Waals surface area contributed by atoms with Gasteiger partial charge in [-0.1, -0.05) is 12.1 Å². The van der Waals surface area contributed by atoms with Crippen molar-refractivity contribution in [3.63, 3.8) is 0 Å². The molecular weight excluding hydrogens is 252 g/mol. The van der Waals surface area contributed by atoms with E-state index in [1.165, 1.54) is 12.8 Å². The number of rotatable bonds is 3.